The van der Waals surface area contributed by atoms with Crippen molar-refractivity contribution in [3.8, 4) is 11.8 Å². The van der Waals surface area contributed by atoms with Crippen LogP contribution in [0.2, 0.25) is 0 Å². The maximum Gasteiger partial charge on any atom is 0.211 e. The minimum absolute atomic E-state index is 0.385. The molecule has 1 N–H and O–H groups in total. The zero-order valence-electron chi connectivity index (χ0n) is 7.78. The van der Waals surface area contributed by atoms with E-state index in [4.69, 9.17) is 4.74 Å². The van der Waals surface area contributed by atoms with Gasteiger partial charge in [0, 0.05) is 7.11 Å². The highest BCUT2D eigenvalue weighted by molar-refractivity contribution is 5.70. The van der Waals surface area contributed by atoms with Gasteiger partial charge < -0.3 is 10.1 Å². The summed E-state index contributed by atoms with van der Waals surface area (Å²) < 4.78 is 4.77. The molecule has 0 radical (unpaired) electrons. The van der Waals surface area contributed by atoms with Crippen molar-refractivity contribution in [3.63, 3.8) is 0 Å². The number of pyridine rings is 1. The second-order valence-corrected chi connectivity index (χ2v) is 2.43. The number of nitrogens with one attached hydrogen (secondary N) is 1. The van der Waals surface area contributed by atoms with Gasteiger partial charge in [-0.2, -0.15) is 0 Å². The van der Waals surface area contributed by atoms with Gasteiger partial charge in [-0.15, -0.1) is 0 Å². The quantitative estimate of drug-likeness (QED) is 0.562. The van der Waals surface area contributed by atoms with E-state index in [9.17, 15) is 4.79 Å². The standard InChI is InChI=1S/C10H10N2O2/c1-14-6-2-3-9-4-5-10(7-11-9)12-8-13/h4-5,7-8H,6H2,1H3,(H,12,13). The molecule has 0 unspecified atom stereocenters. The highest BCUT2D eigenvalue weighted by Crippen LogP contribution is 2.03. The Balaban J connectivity index is 2.65. The van der Waals surface area contributed by atoms with Gasteiger partial charge in [0.25, 0.3) is 0 Å². The summed E-state index contributed by atoms with van der Waals surface area (Å²) in [4.78, 5) is 14.1. The number of anilines is 1. The van der Waals surface area contributed by atoms with Crippen molar-refractivity contribution >= 4 is 12.1 Å². The largest absolute Gasteiger partial charge is 0.372 e. The number of carbonyl (C=O) groups excluding carboxylic acids is 1. The number of methoxy groups -OCH3 is 1. The van der Waals surface area contributed by atoms with Crippen LogP contribution in [0.1, 0.15) is 5.69 Å². The Labute approximate surface area is 82.3 Å². The van der Waals surface area contributed by atoms with Crippen LogP contribution < -0.4 is 5.32 Å². The first-order valence-electron chi connectivity index (χ1n) is 4.01. The molecule has 4 heteroatoms. The van der Waals surface area contributed by atoms with Crippen LogP contribution in [0.4, 0.5) is 5.69 Å². The molecule has 0 aliphatic carbocycles. The van der Waals surface area contributed by atoms with Crippen LogP contribution in [0.5, 0.6) is 0 Å². The maximum atomic E-state index is 10.1. The lowest BCUT2D eigenvalue weighted by Crippen LogP contribution is -1.94. The molecular formula is C10H10N2O2. The van der Waals surface area contributed by atoms with E-state index in [1.54, 1.807) is 25.4 Å². The molecule has 1 rings (SSSR count). The molecule has 0 aliphatic heterocycles. The van der Waals surface area contributed by atoms with E-state index in [1.165, 1.54) is 0 Å². The summed E-state index contributed by atoms with van der Waals surface area (Å²) in [5, 5.41) is 2.49. The third-order valence-corrected chi connectivity index (χ3v) is 1.42. The third-order valence-electron chi connectivity index (χ3n) is 1.42. The smallest absolute Gasteiger partial charge is 0.211 e. The Morgan fingerprint density at radius 3 is 3.07 bits per heavy atom. The molecule has 0 atom stereocenters. The molecule has 0 saturated heterocycles. The average molecular weight is 190 g/mol. The predicted octanol–water partition coefficient (Wildman–Crippen LogP) is 0.648. The van der Waals surface area contributed by atoms with Crippen molar-refractivity contribution in [1.29, 1.82) is 0 Å². The van der Waals surface area contributed by atoms with E-state index >= 15 is 0 Å². The van der Waals surface area contributed by atoms with E-state index in [2.05, 4.69) is 22.1 Å². The number of hydrogen-bond acceptors (Lipinski definition) is 3. The van der Waals surface area contributed by atoms with E-state index < -0.39 is 0 Å². The summed E-state index contributed by atoms with van der Waals surface area (Å²) in [5.41, 5.74) is 1.30. The molecule has 0 aliphatic rings. The van der Waals surface area contributed by atoms with E-state index in [0.29, 0.717) is 24.4 Å². The van der Waals surface area contributed by atoms with Crippen LogP contribution in [0.15, 0.2) is 18.3 Å². The molecule has 1 aromatic heterocycles. The van der Waals surface area contributed by atoms with E-state index in [0.717, 1.165) is 0 Å². The highest BCUT2D eigenvalue weighted by atomic mass is 16.5. The fourth-order valence-corrected chi connectivity index (χ4v) is 0.820. The van der Waals surface area contributed by atoms with E-state index in [1.807, 2.05) is 0 Å². The molecule has 0 fully saturated rings. The van der Waals surface area contributed by atoms with Gasteiger partial charge in [-0.05, 0) is 18.1 Å². The van der Waals surface area contributed by atoms with Crippen LogP contribution >= 0.6 is 0 Å². The monoisotopic (exact) mass is 190 g/mol. The SMILES string of the molecule is COCC#Cc1ccc(NC=O)cn1. The summed E-state index contributed by atoms with van der Waals surface area (Å²) in [6, 6.07) is 3.46. The van der Waals surface area contributed by atoms with Gasteiger partial charge in [0.1, 0.15) is 12.3 Å². The summed E-state index contributed by atoms with van der Waals surface area (Å²) >= 11 is 0. The van der Waals surface area contributed by atoms with Gasteiger partial charge in [0.05, 0.1) is 11.9 Å². The molecular weight excluding hydrogens is 180 g/mol. The molecule has 0 bridgehead atoms. The summed E-state index contributed by atoms with van der Waals surface area (Å²) in [5.74, 6) is 5.59. The second-order valence-electron chi connectivity index (χ2n) is 2.43. The van der Waals surface area contributed by atoms with Crippen LogP contribution in [-0.2, 0) is 9.53 Å². The van der Waals surface area contributed by atoms with Crippen molar-refractivity contribution in [2.24, 2.45) is 0 Å². The lowest BCUT2D eigenvalue weighted by Gasteiger charge is -1.95. The molecule has 1 heterocycles. The minimum Gasteiger partial charge on any atom is -0.372 e. The molecule has 1 amide bonds. The first-order chi connectivity index (χ1) is 6.86. The Morgan fingerprint density at radius 2 is 2.50 bits per heavy atom. The number of aromatic nitrogens is 1. The van der Waals surface area contributed by atoms with Crippen LogP contribution in [0.3, 0.4) is 0 Å². The first kappa shape index (κ1) is 10.2. The average Bonchev–Trinajstić information content (AvgIpc) is 2.21. The predicted molar refractivity (Wildman–Crippen MR) is 52.7 cm³/mol. The Hall–Kier alpha value is -1.86. The fourth-order valence-electron chi connectivity index (χ4n) is 0.820. The van der Waals surface area contributed by atoms with Gasteiger partial charge >= 0.3 is 0 Å². The van der Waals surface area contributed by atoms with Gasteiger partial charge in [-0.3, -0.25) is 4.79 Å². The normalized spacial score (nSPS) is 8.64. The minimum atomic E-state index is 0.385. The topological polar surface area (TPSA) is 51.2 Å². The van der Waals surface area contributed by atoms with Gasteiger partial charge in [-0.1, -0.05) is 5.92 Å². The first-order valence-corrected chi connectivity index (χ1v) is 4.01. The molecule has 14 heavy (non-hydrogen) atoms. The Morgan fingerprint density at radius 1 is 1.64 bits per heavy atom. The third kappa shape index (κ3) is 3.25. The lowest BCUT2D eigenvalue weighted by molar-refractivity contribution is -0.105. The molecule has 4 nitrogen and oxygen atoms in total. The highest BCUT2D eigenvalue weighted by Gasteiger charge is 1.90. The number of ether oxygens (including phenoxy) is 1. The zero-order valence-corrected chi connectivity index (χ0v) is 7.78. The molecule has 1 aromatic rings. The van der Waals surface area contributed by atoms with Crippen LogP contribution in [0, 0.1) is 11.8 Å². The summed E-state index contributed by atoms with van der Waals surface area (Å²) in [7, 11) is 1.58. The van der Waals surface area contributed by atoms with Gasteiger partial charge in [-0.25, -0.2) is 4.98 Å². The number of hydrogen-bond donors (Lipinski definition) is 1. The number of amides is 1. The Bertz CT molecular complexity index is 349. The maximum absolute atomic E-state index is 10.1. The van der Waals surface area contributed by atoms with Crippen LogP contribution in [-0.4, -0.2) is 25.1 Å². The Kier molecular flexibility index (Phi) is 4.18. The number of rotatable bonds is 3. The van der Waals surface area contributed by atoms with Crippen molar-refractivity contribution in [3.05, 3.63) is 24.0 Å². The molecule has 72 valence electrons. The van der Waals surface area contributed by atoms with Gasteiger partial charge in [0.15, 0.2) is 0 Å². The van der Waals surface area contributed by atoms with Crippen molar-refractivity contribution < 1.29 is 9.53 Å². The number of nitrogens with zero attached hydrogens (tertiary/aromatic N) is 1. The molecule has 0 saturated carbocycles. The zero-order chi connectivity index (χ0) is 10.2. The lowest BCUT2D eigenvalue weighted by atomic mass is 10.3. The van der Waals surface area contributed by atoms with Crippen molar-refractivity contribution in [1.82, 2.24) is 4.98 Å². The van der Waals surface area contributed by atoms with E-state index in [-0.39, 0.29) is 0 Å². The fraction of sp³-hybridized carbons (Fsp3) is 0.200. The van der Waals surface area contributed by atoms with Gasteiger partial charge in [0.2, 0.25) is 6.41 Å². The van der Waals surface area contributed by atoms with Crippen molar-refractivity contribution in [2.45, 2.75) is 0 Å². The molecule has 0 spiro atoms. The second kappa shape index (κ2) is 5.73. The van der Waals surface area contributed by atoms with Crippen molar-refractivity contribution in [2.75, 3.05) is 19.0 Å². The molecule has 0 aromatic carbocycles. The summed E-state index contributed by atoms with van der Waals surface area (Å²) in [6.07, 6.45) is 2.15. The summed E-state index contributed by atoms with van der Waals surface area (Å²) in [6.45, 7) is 0.385. The van der Waals surface area contributed by atoms with Crippen LogP contribution in [0.25, 0.3) is 0 Å². The number of carbonyl (C=O) groups is 1.